The fraction of sp³-hybridized carbons (Fsp3) is 0.583. The highest BCUT2D eigenvalue weighted by molar-refractivity contribution is 5.80. The third-order valence-electron chi connectivity index (χ3n) is 6.89. The van der Waals surface area contributed by atoms with Crippen LogP contribution < -0.4 is 10.2 Å². The molecule has 6 heteroatoms. The molecular formula is C24H31N3O3. The number of anilines is 1. The minimum atomic E-state index is -0.0491. The van der Waals surface area contributed by atoms with Gasteiger partial charge in [-0.1, -0.05) is 18.2 Å². The van der Waals surface area contributed by atoms with Crippen LogP contribution in [-0.4, -0.2) is 56.5 Å². The van der Waals surface area contributed by atoms with Gasteiger partial charge in [-0.25, -0.2) is 4.98 Å². The van der Waals surface area contributed by atoms with Crippen molar-refractivity contribution in [3.63, 3.8) is 0 Å². The molecule has 0 unspecified atom stereocenters. The van der Waals surface area contributed by atoms with E-state index in [4.69, 9.17) is 14.5 Å². The SMILES string of the molecule is COCC(=O)N[C@H]1C[C@H]2CN(c3ccc4ccccc4n3)C[C@H]2C[C@@H]1OCC1CC1. The van der Waals surface area contributed by atoms with E-state index in [2.05, 4.69) is 34.5 Å². The molecule has 2 aromatic rings. The summed E-state index contributed by atoms with van der Waals surface area (Å²) in [7, 11) is 1.56. The molecule has 4 atom stereocenters. The van der Waals surface area contributed by atoms with Crippen LogP contribution in [-0.2, 0) is 14.3 Å². The van der Waals surface area contributed by atoms with Crippen LogP contribution in [0.5, 0.6) is 0 Å². The highest BCUT2D eigenvalue weighted by Gasteiger charge is 2.44. The zero-order valence-electron chi connectivity index (χ0n) is 17.6. The molecule has 5 rings (SSSR count). The molecule has 1 aromatic carbocycles. The van der Waals surface area contributed by atoms with Crippen molar-refractivity contribution < 1.29 is 14.3 Å². The third kappa shape index (κ3) is 4.30. The van der Waals surface area contributed by atoms with Crippen molar-refractivity contribution in [1.82, 2.24) is 10.3 Å². The molecule has 2 saturated carbocycles. The predicted molar refractivity (Wildman–Crippen MR) is 116 cm³/mol. The number of ether oxygens (including phenoxy) is 2. The molecule has 1 amide bonds. The summed E-state index contributed by atoms with van der Waals surface area (Å²) in [6.45, 7) is 2.93. The number of para-hydroxylation sites is 1. The van der Waals surface area contributed by atoms with Gasteiger partial charge >= 0.3 is 0 Å². The van der Waals surface area contributed by atoms with Crippen molar-refractivity contribution in [1.29, 1.82) is 0 Å². The van der Waals surface area contributed by atoms with Crippen LogP contribution >= 0.6 is 0 Å². The quantitative estimate of drug-likeness (QED) is 0.762. The average molecular weight is 410 g/mol. The Morgan fingerprint density at radius 2 is 1.93 bits per heavy atom. The van der Waals surface area contributed by atoms with E-state index in [1.807, 2.05) is 12.1 Å². The van der Waals surface area contributed by atoms with Crippen LogP contribution in [0.4, 0.5) is 5.82 Å². The maximum Gasteiger partial charge on any atom is 0.246 e. The molecule has 0 bridgehead atoms. The normalized spacial score (nSPS) is 28.5. The number of hydrogen-bond donors (Lipinski definition) is 1. The lowest BCUT2D eigenvalue weighted by atomic mass is 9.77. The highest BCUT2D eigenvalue weighted by atomic mass is 16.5. The Balaban J connectivity index is 1.29. The molecule has 30 heavy (non-hydrogen) atoms. The number of carbonyl (C=O) groups is 1. The van der Waals surface area contributed by atoms with Gasteiger partial charge in [-0.3, -0.25) is 4.79 Å². The summed E-state index contributed by atoms with van der Waals surface area (Å²) in [5.74, 6) is 2.86. The van der Waals surface area contributed by atoms with Crippen molar-refractivity contribution in [3.8, 4) is 0 Å². The molecule has 3 aliphatic rings. The fourth-order valence-electron chi connectivity index (χ4n) is 5.09. The minimum absolute atomic E-state index is 0.0491. The zero-order chi connectivity index (χ0) is 20.5. The number of hydrogen-bond acceptors (Lipinski definition) is 5. The van der Waals surface area contributed by atoms with E-state index in [1.54, 1.807) is 7.11 Å². The van der Waals surface area contributed by atoms with Gasteiger partial charge in [-0.2, -0.15) is 0 Å². The van der Waals surface area contributed by atoms with Crippen LogP contribution in [0.15, 0.2) is 36.4 Å². The van der Waals surface area contributed by atoms with Crippen LogP contribution in [0.25, 0.3) is 10.9 Å². The van der Waals surface area contributed by atoms with Gasteiger partial charge in [0.15, 0.2) is 0 Å². The summed E-state index contributed by atoms with van der Waals surface area (Å²) in [4.78, 5) is 19.5. The Morgan fingerprint density at radius 3 is 2.73 bits per heavy atom. The van der Waals surface area contributed by atoms with E-state index >= 15 is 0 Å². The summed E-state index contributed by atoms with van der Waals surface area (Å²) in [6.07, 6.45) is 4.61. The van der Waals surface area contributed by atoms with E-state index in [0.29, 0.717) is 11.8 Å². The van der Waals surface area contributed by atoms with Gasteiger partial charge in [0, 0.05) is 32.2 Å². The molecule has 1 N–H and O–H groups in total. The molecule has 0 spiro atoms. The molecule has 1 aliphatic heterocycles. The lowest BCUT2D eigenvalue weighted by Gasteiger charge is -2.38. The van der Waals surface area contributed by atoms with Crippen molar-refractivity contribution in [2.24, 2.45) is 17.8 Å². The first kappa shape index (κ1) is 19.8. The zero-order valence-corrected chi connectivity index (χ0v) is 17.6. The van der Waals surface area contributed by atoms with Gasteiger partial charge in [-0.15, -0.1) is 0 Å². The Labute approximate surface area is 177 Å². The Kier molecular flexibility index (Phi) is 5.61. The van der Waals surface area contributed by atoms with E-state index < -0.39 is 0 Å². The first-order chi connectivity index (χ1) is 14.7. The Morgan fingerprint density at radius 1 is 1.13 bits per heavy atom. The smallest absolute Gasteiger partial charge is 0.246 e. The summed E-state index contributed by atoms with van der Waals surface area (Å²) < 4.78 is 11.3. The second-order valence-electron chi connectivity index (χ2n) is 9.18. The van der Waals surface area contributed by atoms with Gasteiger partial charge < -0.3 is 19.7 Å². The summed E-state index contributed by atoms with van der Waals surface area (Å²) in [5, 5.41) is 4.36. The first-order valence-corrected chi connectivity index (χ1v) is 11.2. The number of aromatic nitrogens is 1. The summed E-state index contributed by atoms with van der Waals surface area (Å²) in [5.41, 5.74) is 1.04. The number of amides is 1. The lowest BCUT2D eigenvalue weighted by Crippen LogP contribution is -2.51. The number of benzene rings is 1. The van der Waals surface area contributed by atoms with Gasteiger partial charge in [0.1, 0.15) is 12.4 Å². The van der Waals surface area contributed by atoms with Crippen molar-refractivity contribution in [3.05, 3.63) is 36.4 Å². The number of nitrogens with zero attached hydrogens (tertiary/aromatic N) is 2. The molecular weight excluding hydrogens is 378 g/mol. The standard InChI is InChI=1S/C24H31N3O3/c1-29-15-24(28)26-21-10-18-12-27(13-19(18)11-22(21)30-14-16-6-7-16)23-9-8-17-4-2-3-5-20(17)25-23/h2-5,8-9,16,18-19,21-22H,6-7,10-15H2,1H3,(H,26,28)/t18-,19+,21-,22-/m0/s1. The van der Waals surface area contributed by atoms with E-state index in [-0.39, 0.29) is 24.7 Å². The second-order valence-corrected chi connectivity index (χ2v) is 9.18. The highest BCUT2D eigenvalue weighted by Crippen LogP contribution is 2.40. The molecule has 3 fully saturated rings. The van der Waals surface area contributed by atoms with Gasteiger partial charge in [0.2, 0.25) is 5.91 Å². The van der Waals surface area contributed by atoms with E-state index in [0.717, 1.165) is 49.8 Å². The van der Waals surface area contributed by atoms with Crippen LogP contribution in [0.1, 0.15) is 25.7 Å². The number of pyridine rings is 1. The molecule has 2 aliphatic carbocycles. The van der Waals surface area contributed by atoms with Crippen molar-refractivity contribution >= 4 is 22.6 Å². The Hall–Kier alpha value is -2.18. The summed E-state index contributed by atoms with van der Waals surface area (Å²) >= 11 is 0. The number of nitrogens with one attached hydrogen (secondary N) is 1. The fourth-order valence-corrected chi connectivity index (χ4v) is 5.09. The van der Waals surface area contributed by atoms with E-state index in [9.17, 15) is 4.79 Å². The Bertz CT molecular complexity index is 900. The largest absolute Gasteiger partial charge is 0.376 e. The van der Waals surface area contributed by atoms with Crippen LogP contribution in [0, 0.1) is 17.8 Å². The number of methoxy groups -OCH3 is 1. The maximum absolute atomic E-state index is 12.2. The molecule has 0 radical (unpaired) electrons. The molecule has 1 aromatic heterocycles. The van der Waals surface area contributed by atoms with Crippen molar-refractivity contribution in [2.45, 2.75) is 37.8 Å². The van der Waals surface area contributed by atoms with Crippen LogP contribution in [0.2, 0.25) is 0 Å². The second kappa shape index (κ2) is 8.52. The van der Waals surface area contributed by atoms with Crippen LogP contribution in [0.3, 0.4) is 0 Å². The van der Waals surface area contributed by atoms with Crippen molar-refractivity contribution in [2.75, 3.05) is 38.3 Å². The monoisotopic (exact) mass is 409 g/mol. The van der Waals surface area contributed by atoms with Gasteiger partial charge in [-0.05, 0) is 61.6 Å². The number of carbonyl (C=O) groups excluding carboxylic acids is 1. The number of fused-ring (bicyclic) bond motifs is 2. The predicted octanol–water partition coefficient (Wildman–Crippen LogP) is 3.01. The minimum Gasteiger partial charge on any atom is -0.376 e. The molecule has 2 heterocycles. The lowest BCUT2D eigenvalue weighted by molar-refractivity contribution is -0.128. The van der Waals surface area contributed by atoms with Gasteiger partial charge in [0.25, 0.3) is 0 Å². The molecule has 1 saturated heterocycles. The van der Waals surface area contributed by atoms with Gasteiger partial charge in [0.05, 0.1) is 17.7 Å². The maximum atomic E-state index is 12.2. The third-order valence-corrected chi connectivity index (χ3v) is 6.89. The average Bonchev–Trinajstić information content (AvgIpc) is 3.49. The molecule has 6 nitrogen and oxygen atoms in total. The van der Waals surface area contributed by atoms with E-state index in [1.165, 1.54) is 18.2 Å². The first-order valence-electron chi connectivity index (χ1n) is 11.2. The summed E-state index contributed by atoms with van der Waals surface area (Å²) in [6, 6.07) is 12.6. The topological polar surface area (TPSA) is 63.7 Å². The molecule has 160 valence electrons. The number of rotatable bonds is 7.